The highest BCUT2D eigenvalue weighted by Gasteiger charge is 2.26. The van der Waals surface area contributed by atoms with Gasteiger partial charge in [-0.05, 0) is 20.3 Å². The third kappa shape index (κ3) is 2.43. The van der Waals surface area contributed by atoms with E-state index in [1.165, 1.54) is 0 Å². The minimum Gasteiger partial charge on any atom is -0.390 e. The molecule has 1 fully saturated rings. The van der Waals surface area contributed by atoms with Gasteiger partial charge in [0.15, 0.2) is 6.29 Å². The lowest BCUT2D eigenvalue weighted by molar-refractivity contribution is -0.215. The van der Waals surface area contributed by atoms with Gasteiger partial charge in [0.2, 0.25) is 0 Å². The molecular weight excluding hydrogens is 144 g/mol. The van der Waals surface area contributed by atoms with Crippen LogP contribution in [0, 0.1) is 0 Å². The second kappa shape index (κ2) is 4.04. The molecule has 1 N–H and O–H groups in total. The van der Waals surface area contributed by atoms with Crippen molar-refractivity contribution in [2.24, 2.45) is 0 Å². The minimum absolute atomic E-state index is 0.0831. The average molecular weight is 160 g/mol. The Bertz CT molecular complexity index is 116. The van der Waals surface area contributed by atoms with Crippen molar-refractivity contribution in [3.8, 4) is 0 Å². The fraction of sp³-hybridized carbons (Fsp3) is 1.00. The number of aliphatic hydroxyl groups excluding tert-OH is 1. The smallest absolute Gasteiger partial charge is 0.158 e. The van der Waals surface area contributed by atoms with E-state index in [1.807, 2.05) is 13.8 Å². The molecule has 1 rings (SSSR count). The third-order valence-corrected chi connectivity index (χ3v) is 1.96. The topological polar surface area (TPSA) is 38.7 Å². The Balaban J connectivity index is 2.28. The normalized spacial score (nSPS) is 39.0. The predicted molar refractivity (Wildman–Crippen MR) is 41.2 cm³/mol. The first-order chi connectivity index (χ1) is 5.24. The zero-order chi connectivity index (χ0) is 8.27. The molecule has 0 aromatic carbocycles. The van der Waals surface area contributed by atoms with Crippen molar-refractivity contribution in [2.75, 3.05) is 6.61 Å². The second-order valence-corrected chi connectivity index (χ2v) is 2.87. The van der Waals surface area contributed by atoms with E-state index in [2.05, 4.69) is 0 Å². The molecule has 1 aliphatic heterocycles. The number of aliphatic hydroxyl groups is 1. The summed E-state index contributed by atoms with van der Waals surface area (Å²) in [6.07, 6.45) is 1.09. The van der Waals surface area contributed by atoms with Gasteiger partial charge in [0.25, 0.3) is 0 Å². The van der Waals surface area contributed by atoms with Crippen LogP contribution in [-0.4, -0.2) is 30.2 Å². The van der Waals surface area contributed by atoms with Gasteiger partial charge in [0.1, 0.15) is 0 Å². The van der Waals surface area contributed by atoms with Gasteiger partial charge in [-0.2, -0.15) is 0 Å². The molecule has 1 heterocycles. The fourth-order valence-electron chi connectivity index (χ4n) is 1.25. The Labute approximate surface area is 67.3 Å². The first-order valence-electron chi connectivity index (χ1n) is 4.19. The van der Waals surface area contributed by atoms with Crippen molar-refractivity contribution in [1.82, 2.24) is 0 Å². The van der Waals surface area contributed by atoms with Crippen molar-refractivity contribution >= 4 is 0 Å². The number of hydrogen-bond acceptors (Lipinski definition) is 3. The van der Waals surface area contributed by atoms with Crippen LogP contribution in [0.2, 0.25) is 0 Å². The lowest BCUT2D eigenvalue weighted by Crippen LogP contribution is -2.37. The summed E-state index contributed by atoms with van der Waals surface area (Å²) in [7, 11) is 0. The molecule has 0 spiro atoms. The van der Waals surface area contributed by atoms with E-state index < -0.39 is 0 Å². The molecule has 0 bridgehead atoms. The van der Waals surface area contributed by atoms with Crippen molar-refractivity contribution < 1.29 is 14.6 Å². The van der Waals surface area contributed by atoms with Crippen LogP contribution in [0.4, 0.5) is 0 Å². The molecule has 3 atom stereocenters. The maximum Gasteiger partial charge on any atom is 0.158 e. The molecule has 1 saturated heterocycles. The standard InChI is InChI=1S/C8H16O3/c1-3-10-8-5-4-7(9)6(2)11-8/h6-9H,3-5H2,1-2H3/t6-,7+,8?/m1/s1. The fourth-order valence-corrected chi connectivity index (χ4v) is 1.25. The van der Waals surface area contributed by atoms with Gasteiger partial charge in [-0.3, -0.25) is 0 Å². The lowest BCUT2D eigenvalue weighted by atomic mass is 10.1. The first-order valence-corrected chi connectivity index (χ1v) is 4.19. The van der Waals surface area contributed by atoms with Crippen molar-refractivity contribution in [2.45, 2.75) is 45.2 Å². The van der Waals surface area contributed by atoms with Crippen LogP contribution < -0.4 is 0 Å². The minimum atomic E-state index is -0.313. The van der Waals surface area contributed by atoms with Crippen LogP contribution in [0.1, 0.15) is 26.7 Å². The van der Waals surface area contributed by atoms with E-state index in [0.29, 0.717) is 6.61 Å². The lowest BCUT2D eigenvalue weighted by Gasteiger charge is -2.31. The monoisotopic (exact) mass is 160 g/mol. The van der Waals surface area contributed by atoms with Gasteiger partial charge in [-0.15, -0.1) is 0 Å². The largest absolute Gasteiger partial charge is 0.390 e. The molecule has 0 radical (unpaired) electrons. The number of ether oxygens (including phenoxy) is 2. The van der Waals surface area contributed by atoms with Crippen LogP contribution in [-0.2, 0) is 9.47 Å². The van der Waals surface area contributed by atoms with Gasteiger partial charge >= 0.3 is 0 Å². The van der Waals surface area contributed by atoms with E-state index in [-0.39, 0.29) is 18.5 Å². The second-order valence-electron chi connectivity index (χ2n) is 2.87. The third-order valence-electron chi connectivity index (χ3n) is 1.96. The summed E-state index contributed by atoms with van der Waals surface area (Å²) in [5.41, 5.74) is 0. The molecule has 3 heteroatoms. The molecule has 0 amide bonds. The maximum absolute atomic E-state index is 9.28. The van der Waals surface area contributed by atoms with E-state index in [0.717, 1.165) is 12.8 Å². The molecule has 0 aliphatic carbocycles. The molecule has 3 nitrogen and oxygen atoms in total. The van der Waals surface area contributed by atoms with Crippen LogP contribution >= 0.6 is 0 Å². The molecule has 0 aromatic rings. The average Bonchev–Trinajstić information content (AvgIpc) is 1.98. The summed E-state index contributed by atoms with van der Waals surface area (Å²) in [4.78, 5) is 0. The van der Waals surface area contributed by atoms with Crippen LogP contribution in [0.3, 0.4) is 0 Å². The summed E-state index contributed by atoms with van der Waals surface area (Å²) in [5.74, 6) is 0. The van der Waals surface area contributed by atoms with E-state index in [4.69, 9.17) is 9.47 Å². The molecule has 0 aromatic heterocycles. The van der Waals surface area contributed by atoms with Gasteiger partial charge < -0.3 is 14.6 Å². The zero-order valence-electron chi connectivity index (χ0n) is 7.12. The predicted octanol–water partition coefficient (Wildman–Crippen LogP) is 0.909. The SMILES string of the molecule is CCOC1CC[C@H](O)[C@@H](C)O1. The zero-order valence-corrected chi connectivity index (χ0v) is 7.12. The highest BCUT2D eigenvalue weighted by molar-refractivity contribution is 4.70. The maximum atomic E-state index is 9.28. The molecular formula is C8H16O3. The Morgan fingerprint density at radius 3 is 2.82 bits per heavy atom. The Kier molecular flexibility index (Phi) is 3.30. The molecule has 0 saturated carbocycles. The Morgan fingerprint density at radius 2 is 2.27 bits per heavy atom. The summed E-state index contributed by atoms with van der Waals surface area (Å²) in [6.45, 7) is 4.49. The van der Waals surface area contributed by atoms with E-state index in [1.54, 1.807) is 0 Å². The molecule has 1 unspecified atom stereocenters. The summed E-state index contributed by atoms with van der Waals surface area (Å²) in [6, 6.07) is 0. The Hall–Kier alpha value is -0.120. The quantitative estimate of drug-likeness (QED) is 0.652. The van der Waals surface area contributed by atoms with E-state index >= 15 is 0 Å². The molecule has 11 heavy (non-hydrogen) atoms. The van der Waals surface area contributed by atoms with Crippen LogP contribution in [0.25, 0.3) is 0 Å². The summed E-state index contributed by atoms with van der Waals surface area (Å²) < 4.78 is 10.6. The van der Waals surface area contributed by atoms with E-state index in [9.17, 15) is 5.11 Å². The van der Waals surface area contributed by atoms with Gasteiger partial charge in [0.05, 0.1) is 12.2 Å². The number of rotatable bonds is 2. The van der Waals surface area contributed by atoms with Gasteiger partial charge in [0, 0.05) is 13.0 Å². The molecule has 1 aliphatic rings. The van der Waals surface area contributed by atoms with Crippen LogP contribution in [0.15, 0.2) is 0 Å². The summed E-state index contributed by atoms with van der Waals surface area (Å²) >= 11 is 0. The highest BCUT2D eigenvalue weighted by atomic mass is 16.7. The van der Waals surface area contributed by atoms with Gasteiger partial charge in [-0.1, -0.05) is 0 Å². The van der Waals surface area contributed by atoms with Crippen molar-refractivity contribution in [3.63, 3.8) is 0 Å². The van der Waals surface area contributed by atoms with Crippen molar-refractivity contribution in [3.05, 3.63) is 0 Å². The van der Waals surface area contributed by atoms with Crippen molar-refractivity contribution in [1.29, 1.82) is 0 Å². The van der Waals surface area contributed by atoms with Gasteiger partial charge in [-0.25, -0.2) is 0 Å². The molecule has 66 valence electrons. The Morgan fingerprint density at radius 1 is 1.55 bits per heavy atom. The highest BCUT2D eigenvalue weighted by Crippen LogP contribution is 2.19. The number of hydrogen-bond donors (Lipinski definition) is 1. The first kappa shape index (κ1) is 8.97. The van der Waals surface area contributed by atoms with Crippen LogP contribution in [0.5, 0.6) is 0 Å². The summed E-state index contributed by atoms with van der Waals surface area (Å²) in [5, 5.41) is 9.28.